The Labute approximate surface area is 135 Å². The molecule has 130 valence electrons. The van der Waals surface area contributed by atoms with Gasteiger partial charge in [0.25, 0.3) is 5.92 Å². The summed E-state index contributed by atoms with van der Waals surface area (Å²) in [6, 6.07) is -0.953. The second kappa shape index (κ2) is 7.85. The van der Waals surface area contributed by atoms with E-state index in [0.29, 0.717) is 12.5 Å². The van der Waals surface area contributed by atoms with E-state index in [-0.39, 0.29) is 24.7 Å². The smallest absolute Gasteiger partial charge is 0.262 e. The molecule has 1 saturated carbocycles. The Balaban J connectivity index is 0.00000242. The average molecular weight is 362 g/mol. The van der Waals surface area contributed by atoms with E-state index in [1.807, 2.05) is 0 Å². The summed E-state index contributed by atoms with van der Waals surface area (Å²) in [4.78, 5) is 11.6. The average Bonchev–Trinajstić information content (AvgIpc) is 2.67. The number of rotatable bonds is 7. The predicted molar refractivity (Wildman–Crippen MR) is 80.7 cm³/mol. The van der Waals surface area contributed by atoms with Crippen LogP contribution in [0, 0.1) is 5.92 Å². The van der Waals surface area contributed by atoms with Crippen LogP contribution >= 0.6 is 12.4 Å². The van der Waals surface area contributed by atoms with Crippen molar-refractivity contribution < 1.29 is 22.0 Å². The molecule has 1 aliphatic heterocycles. The van der Waals surface area contributed by atoms with Gasteiger partial charge in [-0.15, -0.1) is 12.4 Å². The van der Waals surface area contributed by atoms with E-state index in [2.05, 4.69) is 15.4 Å². The molecule has 0 bridgehead atoms. The fraction of sp³-hybridized carbons (Fsp3) is 0.917. The molecule has 2 rings (SSSR count). The van der Waals surface area contributed by atoms with Gasteiger partial charge in [0.15, 0.2) is 0 Å². The highest BCUT2D eigenvalue weighted by Crippen LogP contribution is 2.25. The van der Waals surface area contributed by atoms with Gasteiger partial charge in [0.2, 0.25) is 15.9 Å². The van der Waals surface area contributed by atoms with E-state index in [0.717, 1.165) is 19.3 Å². The molecule has 22 heavy (non-hydrogen) atoms. The van der Waals surface area contributed by atoms with Crippen LogP contribution in [0.2, 0.25) is 0 Å². The van der Waals surface area contributed by atoms with Crippen LogP contribution in [0.3, 0.4) is 0 Å². The summed E-state index contributed by atoms with van der Waals surface area (Å²) >= 11 is 0. The Morgan fingerprint density at radius 3 is 2.50 bits per heavy atom. The Hall–Kier alpha value is -0.510. The maximum absolute atomic E-state index is 12.9. The topological polar surface area (TPSA) is 87.3 Å². The van der Waals surface area contributed by atoms with Gasteiger partial charge in [0, 0.05) is 19.5 Å². The highest BCUT2D eigenvalue weighted by atomic mass is 35.5. The number of amides is 1. The number of hydrogen-bond acceptors (Lipinski definition) is 4. The first-order valence-electron chi connectivity index (χ1n) is 7.14. The molecule has 0 aromatic rings. The lowest BCUT2D eigenvalue weighted by Gasteiger charge is -2.25. The van der Waals surface area contributed by atoms with Crippen molar-refractivity contribution in [1.29, 1.82) is 0 Å². The lowest BCUT2D eigenvalue weighted by molar-refractivity contribution is -0.123. The Morgan fingerprint density at radius 2 is 2.00 bits per heavy atom. The molecule has 1 aliphatic carbocycles. The van der Waals surface area contributed by atoms with Crippen molar-refractivity contribution >= 4 is 28.3 Å². The highest BCUT2D eigenvalue weighted by Gasteiger charge is 2.42. The molecule has 1 saturated heterocycles. The Bertz CT molecular complexity index is 486. The van der Waals surface area contributed by atoms with Gasteiger partial charge in [-0.3, -0.25) is 10.1 Å². The fourth-order valence-corrected chi connectivity index (χ4v) is 3.35. The van der Waals surface area contributed by atoms with E-state index >= 15 is 0 Å². The normalized spacial score (nSPS) is 24.4. The van der Waals surface area contributed by atoms with Crippen molar-refractivity contribution in [3.8, 4) is 0 Å². The van der Waals surface area contributed by atoms with Gasteiger partial charge in [0.1, 0.15) is 0 Å². The minimum Gasteiger partial charge on any atom is -0.354 e. The van der Waals surface area contributed by atoms with Gasteiger partial charge in [0.05, 0.1) is 18.3 Å². The van der Waals surface area contributed by atoms with Crippen LogP contribution in [0.1, 0.15) is 25.7 Å². The van der Waals surface area contributed by atoms with Crippen LogP contribution in [-0.2, 0) is 14.8 Å². The SMILES string of the molecule is Cl.O=C(NCCS(=O)(=O)NCC1CCC1)C1CC(F)(F)CN1. The maximum atomic E-state index is 12.9. The number of nitrogens with one attached hydrogen (secondary N) is 3. The van der Waals surface area contributed by atoms with Gasteiger partial charge < -0.3 is 5.32 Å². The molecule has 1 heterocycles. The Morgan fingerprint density at radius 1 is 1.32 bits per heavy atom. The summed E-state index contributed by atoms with van der Waals surface area (Å²) in [5.74, 6) is -3.28. The molecule has 0 spiro atoms. The van der Waals surface area contributed by atoms with E-state index in [9.17, 15) is 22.0 Å². The van der Waals surface area contributed by atoms with Crippen LogP contribution < -0.4 is 15.4 Å². The summed E-state index contributed by atoms with van der Waals surface area (Å²) in [5.41, 5.74) is 0. The summed E-state index contributed by atoms with van der Waals surface area (Å²) < 4.78 is 51.7. The third kappa shape index (κ3) is 5.94. The van der Waals surface area contributed by atoms with Crippen molar-refractivity contribution in [3.05, 3.63) is 0 Å². The minimum atomic E-state index is -3.43. The number of hydrogen-bond donors (Lipinski definition) is 3. The molecule has 2 fully saturated rings. The molecule has 1 amide bonds. The lowest BCUT2D eigenvalue weighted by atomic mass is 9.86. The Kier molecular flexibility index (Phi) is 6.97. The van der Waals surface area contributed by atoms with Gasteiger partial charge in [-0.1, -0.05) is 6.42 Å². The molecule has 1 unspecified atom stereocenters. The maximum Gasteiger partial charge on any atom is 0.262 e. The lowest BCUT2D eigenvalue weighted by Crippen LogP contribution is -2.43. The predicted octanol–water partition coefficient (Wildman–Crippen LogP) is 0.241. The van der Waals surface area contributed by atoms with Crippen molar-refractivity contribution in [2.45, 2.75) is 37.6 Å². The monoisotopic (exact) mass is 361 g/mol. The largest absolute Gasteiger partial charge is 0.354 e. The molecular weight excluding hydrogens is 340 g/mol. The standard InChI is InChI=1S/C12H21F2N3O3S.ClH/c13-12(14)6-10(16-8-12)11(18)15-4-5-21(19,20)17-7-9-2-1-3-9;/h9-10,16-17H,1-8H2,(H,15,18);1H. The molecule has 0 radical (unpaired) electrons. The number of alkyl halides is 2. The minimum absolute atomic E-state index is 0. The molecular formula is C12H22ClF2N3O3S. The first kappa shape index (κ1) is 19.5. The van der Waals surface area contributed by atoms with Crippen LogP contribution in [0.5, 0.6) is 0 Å². The van der Waals surface area contributed by atoms with E-state index < -0.39 is 40.9 Å². The van der Waals surface area contributed by atoms with Gasteiger partial charge in [-0.25, -0.2) is 21.9 Å². The van der Waals surface area contributed by atoms with Gasteiger partial charge in [-0.2, -0.15) is 0 Å². The molecule has 10 heteroatoms. The summed E-state index contributed by atoms with van der Waals surface area (Å²) in [6.07, 6.45) is 2.68. The van der Waals surface area contributed by atoms with Crippen molar-refractivity contribution in [1.82, 2.24) is 15.4 Å². The molecule has 2 aliphatic rings. The first-order chi connectivity index (χ1) is 9.77. The zero-order valence-corrected chi connectivity index (χ0v) is 13.7. The van der Waals surface area contributed by atoms with E-state index in [4.69, 9.17) is 0 Å². The van der Waals surface area contributed by atoms with Crippen LogP contribution in [0.15, 0.2) is 0 Å². The number of halogens is 3. The van der Waals surface area contributed by atoms with Crippen LogP contribution in [-0.4, -0.2) is 51.7 Å². The number of carbonyl (C=O) groups excluding carboxylic acids is 1. The van der Waals surface area contributed by atoms with Crippen LogP contribution in [0.4, 0.5) is 8.78 Å². The number of sulfonamides is 1. The molecule has 0 aromatic heterocycles. The third-order valence-electron chi connectivity index (χ3n) is 3.91. The highest BCUT2D eigenvalue weighted by molar-refractivity contribution is 7.89. The molecule has 1 atom stereocenters. The second-order valence-corrected chi connectivity index (χ2v) is 7.68. The zero-order chi connectivity index (χ0) is 15.5. The number of carbonyl (C=O) groups is 1. The van der Waals surface area contributed by atoms with Crippen LogP contribution in [0.25, 0.3) is 0 Å². The quantitative estimate of drug-likeness (QED) is 0.606. The van der Waals surface area contributed by atoms with Crippen molar-refractivity contribution in [3.63, 3.8) is 0 Å². The van der Waals surface area contributed by atoms with E-state index in [1.54, 1.807) is 0 Å². The van der Waals surface area contributed by atoms with Crippen molar-refractivity contribution in [2.75, 3.05) is 25.4 Å². The molecule has 0 aromatic carbocycles. The van der Waals surface area contributed by atoms with E-state index in [1.165, 1.54) is 0 Å². The summed E-state index contributed by atoms with van der Waals surface area (Å²) in [5, 5.41) is 4.80. The fourth-order valence-electron chi connectivity index (χ4n) is 2.35. The second-order valence-electron chi connectivity index (χ2n) is 5.75. The summed E-state index contributed by atoms with van der Waals surface area (Å²) in [6.45, 7) is -0.165. The third-order valence-corrected chi connectivity index (χ3v) is 5.26. The summed E-state index contributed by atoms with van der Waals surface area (Å²) in [7, 11) is -3.43. The molecule has 3 N–H and O–H groups in total. The first-order valence-corrected chi connectivity index (χ1v) is 8.79. The zero-order valence-electron chi connectivity index (χ0n) is 12.1. The van der Waals surface area contributed by atoms with Crippen molar-refractivity contribution in [2.24, 2.45) is 5.92 Å². The van der Waals surface area contributed by atoms with Gasteiger partial charge >= 0.3 is 0 Å². The van der Waals surface area contributed by atoms with Gasteiger partial charge in [-0.05, 0) is 18.8 Å². The molecule has 6 nitrogen and oxygen atoms in total.